The van der Waals surface area contributed by atoms with Crippen LogP contribution in [0.1, 0.15) is 25.8 Å². The number of rotatable bonds is 4. The van der Waals surface area contributed by atoms with E-state index < -0.39 is 18.4 Å². The standard InChI is InChI=1S/C16H13Cl6FO2/c1-16(2)6(4-9(17)18)3-8(16)15(24)25-5-7-10(19)11(20)12(21)13(22)14(7)23/h4,6,8H,3,5H2,1-2H3. The molecule has 9 heteroatoms. The Kier molecular flexibility index (Phi) is 6.85. The Bertz CT molecular complexity index is 714. The van der Waals surface area contributed by atoms with E-state index >= 15 is 0 Å². The summed E-state index contributed by atoms with van der Waals surface area (Å²) in [7, 11) is 0. The summed E-state index contributed by atoms with van der Waals surface area (Å²) in [6, 6.07) is 0. The molecular weight excluding hydrogens is 456 g/mol. The molecule has 2 atom stereocenters. The molecule has 1 aromatic carbocycles. The second-order valence-electron chi connectivity index (χ2n) is 6.33. The predicted octanol–water partition coefficient (Wildman–Crippen LogP) is 7.46. The maximum absolute atomic E-state index is 14.2. The first-order valence-corrected chi connectivity index (χ1v) is 9.45. The van der Waals surface area contributed by atoms with Gasteiger partial charge in [-0.1, -0.05) is 89.5 Å². The van der Waals surface area contributed by atoms with Gasteiger partial charge in [0.25, 0.3) is 0 Å². The van der Waals surface area contributed by atoms with E-state index in [0.717, 1.165) is 0 Å². The van der Waals surface area contributed by atoms with E-state index in [1.807, 2.05) is 13.8 Å². The van der Waals surface area contributed by atoms with Gasteiger partial charge in [-0.3, -0.25) is 4.79 Å². The van der Waals surface area contributed by atoms with Crippen LogP contribution in [0.15, 0.2) is 10.6 Å². The van der Waals surface area contributed by atoms with Crippen LogP contribution < -0.4 is 0 Å². The third-order valence-electron chi connectivity index (χ3n) is 4.61. The normalized spacial score (nSPS) is 21.5. The molecule has 0 amide bonds. The molecule has 0 saturated heterocycles. The summed E-state index contributed by atoms with van der Waals surface area (Å²) in [5, 5.41) is -0.780. The molecule has 2 nitrogen and oxygen atoms in total. The highest BCUT2D eigenvalue weighted by molar-refractivity contribution is 6.55. The lowest BCUT2D eigenvalue weighted by Gasteiger charge is -2.49. The highest BCUT2D eigenvalue weighted by Crippen LogP contribution is 2.53. The van der Waals surface area contributed by atoms with Crippen molar-refractivity contribution in [3.8, 4) is 0 Å². The third-order valence-corrected chi connectivity index (χ3v) is 6.68. The van der Waals surface area contributed by atoms with Gasteiger partial charge in [0.2, 0.25) is 0 Å². The fraction of sp³-hybridized carbons (Fsp3) is 0.438. The average molecular weight is 469 g/mol. The molecule has 25 heavy (non-hydrogen) atoms. The van der Waals surface area contributed by atoms with Crippen molar-refractivity contribution in [3.63, 3.8) is 0 Å². The molecule has 2 rings (SSSR count). The van der Waals surface area contributed by atoms with E-state index in [1.54, 1.807) is 6.08 Å². The number of ether oxygens (including phenoxy) is 1. The molecule has 2 unspecified atom stereocenters. The number of hydrogen-bond acceptors (Lipinski definition) is 2. The number of benzene rings is 1. The Morgan fingerprint density at radius 3 is 2.24 bits per heavy atom. The summed E-state index contributed by atoms with van der Waals surface area (Å²) in [5.41, 5.74) is -0.504. The molecular formula is C16H13Cl6FO2. The minimum Gasteiger partial charge on any atom is -0.460 e. The maximum Gasteiger partial charge on any atom is 0.309 e. The van der Waals surface area contributed by atoms with Crippen LogP contribution in [-0.4, -0.2) is 5.97 Å². The Balaban J connectivity index is 2.11. The number of hydrogen-bond donors (Lipinski definition) is 0. The molecule has 0 radical (unpaired) electrons. The van der Waals surface area contributed by atoms with Crippen molar-refractivity contribution in [2.75, 3.05) is 0 Å². The summed E-state index contributed by atoms with van der Waals surface area (Å²) in [5.74, 6) is -1.66. The minimum atomic E-state index is -0.864. The van der Waals surface area contributed by atoms with E-state index in [1.165, 1.54) is 0 Å². The van der Waals surface area contributed by atoms with Crippen LogP contribution in [0.25, 0.3) is 0 Å². The SMILES string of the molecule is CC1(C)C(C=C(Cl)Cl)CC1C(=O)OCc1c(F)c(Cl)c(Cl)c(Cl)c1Cl. The first-order valence-electron chi connectivity index (χ1n) is 7.18. The van der Waals surface area contributed by atoms with Gasteiger partial charge in [0.1, 0.15) is 11.1 Å². The van der Waals surface area contributed by atoms with Crippen molar-refractivity contribution in [2.45, 2.75) is 26.9 Å². The van der Waals surface area contributed by atoms with Gasteiger partial charge in [-0.05, 0) is 17.8 Å². The lowest BCUT2D eigenvalue weighted by Crippen LogP contribution is -2.48. The lowest BCUT2D eigenvalue weighted by molar-refractivity contribution is -0.164. The molecule has 138 valence electrons. The highest BCUT2D eigenvalue weighted by atomic mass is 35.5. The van der Waals surface area contributed by atoms with Gasteiger partial charge in [-0.25, -0.2) is 4.39 Å². The third kappa shape index (κ3) is 4.17. The smallest absolute Gasteiger partial charge is 0.309 e. The fourth-order valence-corrected chi connectivity index (χ4v) is 4.04. The topological polar surface area (TPSA) is 26.3 Å². The van der Waals surface area contributed by atoms with E-state index in [-0.39, 0.29) is 47.4 Å². The van der Waals surface area contributed by atoms with Gasteiger partial charge >= 0.3 is 5.97 Å². The Morgan fingerprint density at radius 2 is 1.72 bits per heavy atom. The molecule has 0 N–H and O–H groups in total. The van der Waals surface area contributed by atoms with Gasteiger partial charge in [0, 0.05) is 5.56 Å². The van der Waals surface area contributed by atoms with Crippen LogP contribution >= 0.6 is 69.6 Å². The van der Waals surface area contributed by atoms with Gasteiger partial charge < -0.3 is 4.74 Å². The molecule has 1 fully saturated rings. The van der Waals surface area contributed by atoms with Crippen LogP contribution in [0.2, 0.25) is 20.1 Å². The summed E-state index contributed by atoms with van der Waals surface area (Å²) in [6.45, 7) is 3.41. The quantitative estimate of drug-likeness (QED) is 0.260. The number of carbonyl (C=O) groups is 1. The van der Waals surface area contributed by atoms with E-state index in [4.69, 9.17) is 74.3 Å². The monoisotopic (exact) mass is 466 g/mol. The van der Waals surface area contributed by atoms with Crippen LogP contribution in [0.4, 0.5) is 4.39 Å². The van der Waals surface area contributed by atoms with Gasteiger partial charge in [0.15, 0.2) is 5.82 Å². The zero-order valence-corrected chi connectivity index (χ0v) is 17.6. The van der Waals surface area contributed by atoms with Crippen LogP contribution in [0.3, 0.4) is 0 Å². The van der Waals surface area contributed by atoms with E-state index in [9.17, 15) is 9.18 Å². The van der Waals surface area contributed by atoms with Crippen LogP contribution in [0, 0.1) is 23.1 Å². The number of carbonyl (C=O) groups excluding carboxylic acids is 1. The second kappa shape index (κ2) is 8.00. The molecule has 1 aliphatic rings. The summed E-state index contributed by atoms with van der Waals surface area (Å²) in [6.07, 6.45) is 2.23. The lowest BCUT2D eigenvalue weighted by atomic mass is 9.55. The molecule has 1 aliphatic carbocycles. The van der Waals surface area contributed by atoms with Gasteiger partial charge in [-0.2, -0.15) is 0 Å². The Labute approximate surface area is 175 Å². The summed E-state index contributed by atoms with van der Waals surface area (Å²) in [4.78, 5) is 12.3. The van der Waals surface area contributed by atoms with E-state index in [0.29, 0.717) is 6.42 Å². The predicted molar refractivity (Wildman–Crippen MR) is 101 cm³/mol. The van der Waals surface area contributed by atoms with Crippen molar-refractivity contribution in [3.05, 3.63) is 42.0 Å². The van der Waals surface area contributed by atoms with Crippen molar-refractivity contribution in [1.29, 1.82) is 0 Å². The molecule has 0 aliphatic heterocycles. The van der Waals surface area contributed by atoms with Crippen molar-refractivity contribution >= 4 is 75.6 Å². The summed E-state index contributed by atoms with van der Waals surface area (Å²) >= 11 is 34.8. The van der Waals surface area contributed by atoms with Crippen LogP contribution in [-0.2, 0) is 16.1 Å². The maximum atomic E-state index is 14.2. The van der Waals surface area contributed by atoms with Crippen molar-refractivity contribution in [2.24, 2.45) is 17.3 Å². The fourth-order valence-electron chi connectivity index (χ4n) is 2.82. The van der Waals surface area contributed by atoms with Crippen molar-refractivity contribution in [1.82, 2.24) is 0 Å². The largest absolute Gasteiger partial charge is 0.460 e. The Morgan fingerprint density at radius 1 is 1.16 bits per heavy atom. The molecule has 0 heterocycles. The average Bonchev–Trinajstić information content (AvgIpc) is 2.54. The summed E-state index contributed by atoms with van der Waals surface area (Å²) < 4.78 is 19.6. The number of esters is 1. The zero-order chi connectivity index (χ0) is 19.1. The second-order valence-corrected chi connectivity index (χ2v) is 8.85. The highest BCUT2D eigenvalue weighted by Gasteiger charge is 2.51. The molecule has 0 aromatic heterocycles. The number of halogens is 7. The Hall–Kier alpha value is 0.1000. The first kappa shape index (κ1) is 21.4. The molecule has 0 bridgehead atoms. The van der Waals surface area contributed by atoms with Crippen molar-refractivity contribution < 1.29 is 13.9 Å². The van der Waals surface area contributed by atoms with Gasteiger partial charge in [-0.15, -0.1) is 0 Å². The number of allylic oxidation sites excluding steroid dienone is 1. The molecule has 1 aromatic rings. The van der Waals surface area contributed by atoms with E-state index in [2.05, 4.69) is 0 Å². The molecule has 0 spiro atoms. The first-order chi connectivity index (χ1) is 11.5. The zero-order valence-electron chi connectivity index (χ0n) is 13.1. The minimum absolute atomic E-state index is 0.0507. The van der Waals surface area contributed by atoms with Gasteiger partial charge in [0.05, 0.1) is 26.0 Å². The molecule has 1 saturated carbocycles. The van der Waals surface area contributed by atoms with Crippen LogP contribution in [0.5, 0.6) is 0 Å².